The van der Waals surface area contributed by atoms with Gasteiger partial charge < -0.3 is 0 Å². The third kappa shape index (κ3) is 3.72. The van der Waals surface area contributed by atoms with Crippen molar-refractivity contribution in [3.63, 3.8) is 0 Å². The lowest BCUT2D eigenvalue weighted by molar-refractivity contribution is 0.475. The topological polar surface area (TPSA) is 0 Å². The Morgan fingerprint density at radius 2 is 0.950 bits per heavy atom. The van der Waals surface area contributed by atoms with E-state index in [2.05, 4.69) is 155 Å². The molecule has 0 radical (unpaired) electrons. The third-order valence-corrected chi connectivity index (χ3v) is 10.8. The fourth-order valence-electron chi connectivity index (χ4n) is 8.03. The van der Waals surface area contributed by atoms with Crippen LogP contribution in [0.4, 0.5) is 0 Å². The second kappa shape index (κ2) is 9.62. The van der Waals surface area contributed by atoms with E-state index in [1.165, 1.54) is 72.4 Å². The predicted octanol–water partition coefficient (Wildman–Crippen LogP) is 11.2. The zero-order valence-electron chi connectivity index (χ0n) is 26.5. The highest BCUT2D eigenvalue weighted by molar-refractivity contribution is 5.87. The summed E-state index contributed by atoms with van der Waals surface area (Å²) in [5, 5.41) is 0. The van der Waals surface area contributed by atoms with E-state index in [1.54, 1.807) is 0 Å². The Kier molecular flexibility index (Phi) is 6.77. The van der Waals surface area contributed by atoms with Crippen LogP contribution < -0.4 is 0 Å². The molecule has 0 spiro atoms. The van der Waals surface area contributed by atoms with Gasteiger partial charge in [-0.25, -0.2) is 0 Å². The zero-order valence-corrected chi connectivity index (χ0v) is 26.5. The van der Waals surface area contributed by atoms with Crippen molar-refractivity contribution in [2.75, 3.05) is 0 Å². The summed E-state index contributed by atoms with van der Waals surface area (Å²) in [5.74, 6) is 0. The van der Waals surface area contributed by atoms with Gasteiger partial charge in [0.1, 0.15) is 0 Å². The first-order valence-corrected chi connectivity index (χ1v) is 14.8. The molecule has 0 heterocycles. The van der Waals surface area contributed by atoms with Crippen LogP contribution in [0.2, 0.25) is 0 Å². The van der Waals surface area contributed by atoms with E-state index in [1.807, 2.05) is 0 Å². The average Bonchev–Trinajstić information content (AvgIpc) is 3.19. The summed E-state index contributed by atoms with van der Waals surface area (Å²) in [5.41, 5.74) is 17.8. The van der Waals surface area contributed by atoms with Crippen molar-refractivity contribution in [2.45, 2.75) is 81.6 Å². The van der Waals surface area contributed by atoms with E-state index in [0.717, 1.165) is 0 Å². The number of hydrogen-bond donors (Lipinski definition) is 0. The number of allylic oxidation sites excluding steroid dienone is 8. The van der Waals surface area contributed by atoms with Crippen molar-refractivity contribution < 1.29 is 0 Å². The molecule has 0 bridgehead atoms. The number of benzene rings is 3. The Hall–Kier alpha value is -3.38. The van der Waals surface area contributed by atoms with Crippen molar-refractivity contribution in [1.29, 1.82) is 0 Å². The molecule has 0 heteroatoms. The van der Waals surface area contributed by atoms with E-state index in [0.29, 0.717) is 0 Å². The molecule has 0 atom stereocenters. The molecule has 3 aromatic rings. The molecule has 0 saturated heterocycles. The molecule has 40 heavy (non-hydrogen) atoms. The van der Waals surface area contributed by atoms with Gasteiger partial charge >= 0.3 is 0 Å². The van der Waals surface area contributed by atoms with Crippen LogP contribution in [0.15, 0.2) is 118 Å². The van der Waals surface area contributed by atoms with Gasteiger partial charge in [0.05, 0.1) is 5.41 Å². The van der Waals surface area contributed by atoms with Gasteiger partial charge in [-0.2, -0.15) is 0 Å². The lowest BCUT2D eigenvalue weighted by atomic mass is 9.56. The largest absolute Gasteiger partial charge is 0.0681 e. The molecule has 2 aliphatic carbocycles. The van der Waals surface area contributed by atoms with E-state index in [-0.39, 0.29) is 10.8 Å². The van der Waals surface area contributed by atoms with Crippen molar-refractivity contribution >= 4 is 5.57 Å². The lowest BCUT2D eigenvalue weighted by Gasteiger charge is -2.46. The summed E-state index contributed by atoms with van der Waals surface area (Å²) in [4.78, 5) is 0. The molecule has 0 aliphatic heterocycles. The van der Waals surface area contributed by atoms with Gasteiger partial charge in [-0.15, -0.1) is 0 Å². The van der Waals surface area contributed by atoms with Gasteiger partial charge in [-0.3, -0.25) is 0 Å². The first-order chi connectivity index (χ1) is 18.8. The van der Waals surface area contributed by atoms with Crippen LogP contribution in [-0.4, -0.2) is 0 Å². The minimum absolute atomic E-state index is 0.0488. The molecule has 0 nitrogen and oxygen atoms in total. The van der Waals surface area contributed by atoms with Crippen molar-refractivity contribution in [3.8, 4) is 0 Å². The SMILES string of the molecule is CC1=C(C)C(C)(C)C(c2c(C)cccc2C(C2=C(C)C(C)=C(C)C2(C)C)(c2ccccc2)c2ccccc2)=C1C. The van der Waals surface area contributed by atoms with Gasteiger partial charge in [0.25, 0.3) is 0 Å². The van der Waals surface area contributed by atoms with Crippen LogP contribution in [0, 0.1) is 17.8 Å². The summed E-state index contributed by atoms with van der Waals surface area (Å²) in [6.45, 7) is 26.0. The fraction of sp³-hybridized carbons (Fsp3) is 0.350. The molecule has 0 fully saturated rings. The molecular formula is C40H46. The first-order valence-electron chi connectivity index (χ1n) is 14.8. The highest BCUT2D eigenvalue weighted by Crippen LogP contribution is 2.62. The lowest BCUT2D eigenvalue weighted by Crippen LogP contribution is -2.39. The van der Waals surface area contributed by atoms with Gasteiger partial charge in [0.2, 0.25) is 0 Å². The number of hydrogen-bond acceptors (Lipinski definition) is 0. The van der Waals surface area contributed by atoms with Crippen molar-refractivity contribution in [2.24, 2.45) is 10.8 Å². The molecule has 0 unspecified atom stereocenters. The van der Waals surface area contributed by atoms with Gasteiger partial charge in [-0.05, 0) is 110 Å². The Bertz CT molecular complexity index is 1570. The summed E-state index contributed by atoms with van der Waals surface area (Å²) < 4.78 is 0. The van der Waals surface area contributed by atoms with E-state index < -0.39 is 5.41 Å². The summed E-state index contributed by atoms with van der Waals surface area (Å²) in [6.07, 6.45) is 0. The van der Waals surface area contributed by atoms with E-state index in [9.17, 15) is 0 Å². The van der Waals surface area contributed by atoms with Gasteiger partial charge in [0, 0.05) is 10.8 Å². The molecular weight excluding hydrogens is 480 g/mol. The molecule has 0 saturated carbocycles. The van der Waals surface area contributed by atoms with Crippen LogP contribution in [0.3, 0.4) is 0 Å². The molecule has 5 rings (SSSR count). The molecule has 206 valence electrons. The predicted molar refractivity (Wildman–Crippen MR) is 174 cm³/mol. The Balaban J connectivity index is 2.04. The summed E-state index contributed by atoms with van der Waals surface area (Å²) in [6, 6.07) is 29.6. The standard InChI is InChI=1S/C40H46/c1-25-19-18-24-34(35(25)36-28(4)26(2)30(6)38(36,8)9)40(32-20-14-12-15-21-32,33-22-16-13-17-23-33)37-29(5)27(3)31(7)39(37,10)11/h12-24H,1-11H3. The van der Waals surface area contributed by atoms with Crippen LogP contribution in [0.5, 0.6) is 0 Å². The molecule has 0 aromatic heterocycles. The highest BCUT2D eigenvalue weighted by atomic mass is 14.5. The summed E-state index contributed by atoms with van der Waals surface area (Å²) in [7, 11) is 0. The van der Waals surface area contributed by atoms with Crippen LogP contribution in [0.25, 0.3) is 5.57 Å². The number of aryl methyl sites for hydroxylation is 1. The highest BCUT2D eigenvalue weighted by Gasteiger charge is 2.52. The molecule has 0 amide bonds. The van der Waals surface area contributed by atoms with Crippen LogP contribution in [-0.2, 0) is 5.41 Å². The normalized spacial score (nSPS) is 18.9. The Morgan fingerprint density at radius 1 is 0.475 bits per heavy atom. The Morgan fingerprint density at radius 3 is 1.38 bits per heavy atom. The minimum atomic E-state index is -0.468. The monoisotopic (exact) mass is 526 g/mol. The maximum Gasteiger partial charge on any atom is 0.0681 e. The molecule has 0 N–H and O–H groups in total. The maximum absolute atomic E-state index is 2.44. The number of rotatable bonds is 5. The quantitative estimate of drug-likeness (QED) is 0.290. The van der Waals surface area contributed by atoms with Gasteiger partial charge in [0.15, 0.2) is 0 Å². The Labute approximate surface area is 243 Å². The van der Waals surface area contributed by atoms with E-state index >= 15 is 0 Å². The average molecular weight is 527 g/mol. The maximum atomic E-state index is 2.44. The van der Waals surface area contributed by atoms with Crippen LogP contribution >= 0.6 is 0 Å². The fourth-order valence-corrected chi connectivity index (χ4v) is 8.03. The van der Waals surface area contributed by atoms with Crippen molar-refractivity contribution in [1.82, 2.24) is 0 Å². The smallest absolute Gasteiger partial charge is 0.0622 e. The van der Waals surface area contributed by atoms with Crippen molar-refractivity contribution in [3.05, 3.63) is 146 Å². The second-order valence-electron chi connectivity index (χ2n) is 13.2. The molecule has 3 aromatic carbocycles. The van der Waals surface area contributed by atoms with Gasteiger partial charge in [-0.1, -0.05) is 118 Å². The zero-order chi connectivity index (χ0) is 29.2. The molecule has 2 aliphatic rings. The van der Waals surface area contributed by atoms with E-state index in [4.69, 9.17) is 0 Å². The minimum Gasteiger partial charge on any atom is -0.0622 e. The first kappa shape index (κ1) is 28.2. The third-order valence-electron chi connectivity index (χ3n) is 10.8. The second-order valence-corrected chi connectivity index (χ2v) is 13.2. The van der Waals surface area contributed by atoms with Crippen LogP contribution in [0.1, 0.15) is 97.1 Å². The summed E-state index contributed by atoms with van der Waals surface area (Å²) >= 11 is 0.